The van der Waals surface area contributed by atoms with E-state index in [0.717, 1.165) is 45.3 Å². The molecule has 0 unspecified atom stereocenters. The van der Waals surface area contributed by atoms with Crippen molar-refractivity contribution in [1.29, 1.82) is 0 Å². The lowest BCUT2D eigenvalue weighted by atomic mass is 9.86. The van der Waals surface area contributed by atoms with Crippen molar-refractivity contribution in [1.82, 2.24) is 4.57 Å². The zero-order chi connectivity index (χ0) is 37.1. The van der Waals surface area contributed by atoms with Crippen molar-refractivity contribution in [3.8, 4) is 50.6 Å². The van der Waals surface area contributed by atoms with Crippen LogP contribution in [-0.2, 0) is 5.41 Å². The molecule has 55 heavy (non-hydrogen) atoms. The first-order valence-electron chi connectivity index (χ1n) is 19.0. The molecule has 3 nitrogen and oxygen atoms in total. The molecule has 0 aliphatic carbocycles. The lowest BCUT2D eigenvalue weighted by Crippen LogP contribution is -2.10. The molecular weight excluding hydrogens is 669 g/mol. The van der Waals surface area contributed by atoms with Crippen molar-refractivity contribution in [2.45, 2.75) is 26.2 Å². The Hall–Kier alpha value is -6.84. The highest BCUT2D eigenvalue weighted by molar-refractivity contribution is 6.18. The predicted octanol–water partition coefficient (Wildman–Crippen LogP) is 14.7. The van der Waals surface area contributed by atoms with E-state index >= 15 is 0 Å². The molecule has 10 rings (SSSR count). The van der Waals surface area contributed by atoms with Crippen molar-refractivity contribution >= 4 is 38.9 Å². The fraction of sp³-hybridized carbons (Fsp3) is 0.0769. The highest BCUT2D eigenvalue weighted by Crippen LogP contribution is 2.49. The summed E-state index contributed by atoms with van der Waals surface area (Å²) < 4.78 is 8.95. The Kier molecular flexibility index (Phi) is 7.71. The van der Waals surface area contributed by atoms with Gasteiger partial charge in [-0.25, -0.2) is 0 Å². The third-order valence-electron chi connectivity index (χ3n) is 11.0. The summed E-state index contributed by atoms with van der Waals surface area (Å²) in [6.45, 7) is 6.85. The Balaban J connectivity index is 1.11. The van der Waals surface area contributed by atoms with E-state index in [4.69, 9.17) is 4.74 Å². The minimum Gasteiger partial charge on any atom is -0.453 e. The fourth-order valence-corrected chi connectivity index (χ4v) is 8.11. The number of rotatable bonds is 6. The monoisotopic (exact) mass is 708 g/mol. The third-order valence-corrected chi connectivity index (χ3v) is 11.0. The number of fused-ring (bicyclic) bond motifs is 5. The molecule has 0 fully saturated rings. The highest BCUT2D eigenvalue weighted by atomic mass is 16.5. The van der Waals surface area contributed by atoms with E-state index in [1.165, 1.54) is 49.7 Å². The zero-order valence-corrected chi connectivity index (χ0v) is 31.2. The molecule has 1 aliphatic rings. The zero-order valence-electron chi connectivity index (χ0n) is 31.2. The van der Waals surface area contributed by atoms with Crippen LogP contribution in [0.1, 0.15) is 26.3 Å². The number of aromatic nitrogens is 1. The second-order valence-corrected chi connectivity index (χ2v) is 15.4. The average Bonchev–Trinajstić information content (AvgIpc) is 3.58. The van der Waals surface area contributed by atoms with Crippen LogP contribution >= 0.6 is 0 Å². The minimum absolute atomic E-state index is 0.0126. The predicted molar refractivity (Wildman–Crippen MR) is 231 cm³/mol. The lowest BCUT2D eigenvalue weighted by molar-refractivity contribution is 0.476. The van der Waals surface area contributed by atoms with Gasteiger partial charge in [0, 0.05) is 27.8 Å². The summed E-state index contributed by atoms with van der Waals surface area (Å²) in [5, 5.41) is 2.45. The molecule has 8 aromatic carbocycles. The van der Waals surface area contributed by atoms with Gasteiger partial charge in [-0.05, 0) is 117 Å². The molecule has 1 aromatic heterocycles. The van der Waals surface area contributed by atoms with Gasteiger partial charge in [0.1, 0.15) is 0 Å². The van der Waals surface area contributed by atoms with Crippen molar-refractivity contribution in [2.75, 3.05) is 4.90 Å². The van der Waals surface area contributed by atoms with E-state index in [0.29, 0.717) is 0 Å². The van der Waals surface area contributed by atoms with Gasteiger partial charge in [0.05, 0.1) is 16.7 Å². The first-order chi connectivity index (χ1) is 26.9. The SMILES string of the molecule is CC(C)(C)c1ccc2c(c1)c1c(-c3ccc(N(c4ccc(-c5ccccc5)cc4)c4ccc(-c5ccccc5)cc4)cc3)ccc3c1n2-c1ccccc1O3. The van der Waals surface area contributed by atoms with E-state index in [-0.39, 0.29) is 5.41 Å². The molecule has 0 spiro atoms. The summed E-state index contributed by atoms with van der Waals surface area (Å²) in [7, 11) is 0. The molecule has 0 saturated carbocycles. The second-order valence-electron chi connectivity index (χ2n) is 15.4. The van der Waals surface area contributed by atoms with E-state index in [1.54, 1.807) is 0 Å². The minimum atomic E-state index is 0.0126. The van der Waals surface area contributed by atoms with Gasteiger partial charge in [-0.15, -0.1) is 0 Å². The van der Waals surface area contributed by atoms with Crippen LogP contribution in [0.15, 0.2) is 188 Å². The topological polar surface area (TPSA) is 17.4 Å². The van der Waals surface area contributed by atoms with Crippen LogP contribution in [0.5, 0.6) is 11.5 Å². The fourth-order valence-electron chi connectivity index (χ4n) is 8.11. The molecule has 264 valence electrons. The van der Waals surface area contributed by atoms with Crippen molar-refractivity contribution in [3.05, 3.63) is 194 Å². The maximum atomic E-state index is 6.56. The molecule has 0 bridgehead atoms. The number of hydrogen-bond donors (Lipinski definition) is 0. The maximum Gasteiger partial charge on any atom is 0.152 e. The molecule has 0 atom stereocenters. The van der Waals surface area contributed by atoms with Crippen LogP contribution in [0.25, 0.3) is 60.9 Å². The molecule has 9 aromatic rings. The quantitative estimate of drug-likeness (QED) is 0.171. The smallest absolute Gasteiger partial charge is 0.152 e. The summed E-state index contributed by atoms with van der Waals surface area (Å²) in [5.41, 5.74) is 15.1. The van der Waals surface area contributed by atoms with Crippen LogP contribution in [0.2, 0.25) is 0 Å². The Morgan fingerprint density at radius 2 is 0.964 bits per heavy atom. The van der Waals surface area contributed by atoms with Crippen LogP contribution in [-0.4, -0.2) is 4.57 Å². The standard InChI is InChI=1S/C52H40N2O/c1-52(2,3)40-24-32-46-45(34-40)50-44(31-33-49-51(50)54(46)47-16-10-11-17-48(47)55-49)39-22-29-43(30-23-39)53(41-25-18-37(19-26-41)35-12-6-4-7-13-35)42-27-20-38(21-28-42)36-14-8-5-9-15-36/h4-34H,1-3H3. The van der Waals surface area contributed by atoms with E-state index in [2.05, 4.69) is 212 Å². The van der Waals surface area contributed by atoms with Crippen LogP contribution in [0.3, 0.4) is 0 Å². The second kappa shape index (κ2) is 12.9. The molecular formula is C52H40N2O. The van der Waals surface area contributed by atoms with Gasteiger partial charge in [0.2, 0.25) is 0 Å². The maximum absolute atomic E-state index is 6.56. The Morgan fingerprint density at radius 1 is 0.455 bits per heavy atom. The largest absolute Gasteiger partial charge is 0.453 e. The van der Waals surface area contributed by atoms with Crippen LogP contribution in [0.4, 0.5) is 17.1 Å². The highest BCUT2D eigenvalue weighted by Gasteiger charge is 2.27. The number of benzene rings is 8. The van der Waals surface area contributed by atoms with Gasteiger partial charge in [0.25, 0.3) is 0 Å². The van der Waals surface area contributed by atoms with Crippen LogP contribution in [0, 0.1) is 0 Å². The van der Waals surface area contributed by atoms with E-state index in [1.807, 2.05) is 6.07 Å². The number of ether oxygens (including phenoxy) is 1. The lowest BCUT2D eigenvalue weighted by Gasteiger charge is -2.26. The normalized spacial score (nSPS) is 12.1. The van der Waals surface area contributed by atoms with E-state index in [9.17, 15) is 0 Å². The average molecular weight is 709 g/mol. The molecule has 3 heteroatoms. The summed E-state index contributed by atoms with van der Waals surface area (Å²) in [4.78, 5) is 2.34. The van der Waals surface area contributed by atoms with Gasteiger partial charge in [-0.2, -0.15) is 0 Å². The Morgan fingerprint density at radius 3 is 1.53 bits per heavy atom. The molecule has 0 radical (unpaired) electrons. The summed E-state index contributed by atoms with van der Waals surface area (Å²) in [5.74, 6) is 1.76. The first-order valence-corrected chi connectivity index (χ1v) is 19.0. The van der Waals surface area contributed by atoms with Crippen LogP contribution < -0.4 is 9.64 Å². The Bertz CT molecular complexity index is 2750. The number of hydrogen-bond acceptors (Lipinski definition) is 2. The van der Waals surface area contributed by atoms with Gasteiger partial charge in [-0.1, -0.05) is 136 Å². The summed E-state index contributed by atoms with van der Waals surface area (Å²) in [6.07, 6.45) is 0. The number of anilines is 3. The third kappa shape index (κ3) is 5.68. The van der Waals surface area contributed by atoms with Crippen molar-refractivity contribution in [2.24, 2.45) is 0 Å². The van der Waals surface area contributed by atoms with Gasteiger partial charge >= 0.3 is 0 Å². The molecule has 2 heterocycles. The van der Waals surface area contributed by atoms with E-state index < -0.39 is 0 Å². The number of para-hydroxylation sites is 2. The Labute approximate surface area is 322 Å². The van der Waals surface area contributed by atoms with Gasteiger partial charge in [-0.3, -0.25) is 0 Å². The molecule has 1 aliphatic heterocycles. The van der Waals surface area contributed by atoms with Gasteiger partial charge < -0.3 is 14.2 Å². The van der Waals surface area contributed by atoms with Gasteiger partial charge in [0.15, 0.2) is 11.5 Å². The molecule has 0 saturated heterocycles. The van der Waals surface area contributed by atoms with Crippen molar-refractivity contribution in [3.63, 3.8) is 0 Å². The summed E-state index contributed by atoms with van der Waals surface area (Å²) >= 11 is 0. The molecule has 0 amide bonds. The van der Waals surface area contributed by atoms with Crippen molar-refractivity contribution < 1.29 is 4.74 Å². The summed E-state index contributed by atoms with van der Waals surface area (Å²) in [6, 6.07) is 67.6. The number of nitrogens with zero attached hydrogens (tertiary/aromatic N) is 2. The first kappa shape index (κ1) is 32.8. The molecule has 0 N–H and O–H groups in total.